The van der Waals surface area contributed by atoms with E-state index in [1.54, 1.807) is 6.92 Å². The van der Waals surface area contributed by atoms with Gasteiger partial charge in [0.15, 0.2) is 0 Å². The van der Waals surface area contributed by atoms with E-state index in [1.165, 1.54) is 51.3 Å². The van der Waals surface area contributed by atoms with Crippen molar-refractivity contribution < 1.29 is 31.1 Å². The van der Waals surface area contributed by atoms with Crippen molar-refractivity contribution >= 4 is 21.6 Å². The molecule has 11 heteroatoms. The standard InChI is InChI=1S/C19H24F3N3O4S/c1-12(10-29-4)24-30(27,28)16-7-5-15(6-8-16)23-18(26)17-9-13(2)25(14(17)3)11-19(20,21)22/h5-9,12,24H,10-11H2,1-4H3,(H,23,26). The zero-order valence-electron chi connectivity index (χ0n) is 17.0. The van der Waals surface area contributed by atoms with E-state index < -0.39 is 34.7 Å². The van der Waals surface area contributed by atoms with Gasteiger partial charge in [-0.25, -0.2) is 13.1 Å². The summed E-state index contributed by atoms with van der Waals surface area (Å²) in [4.78, 5) is 12.5. The second-order valence-electron chi connectivity index (χ2n) is 6.94. The summed E-state index contributed by atoms with van der Waals surface area (Å²) in [6.45, 7) is 3.62. The molecule has 1 aromatic heterocycles. The summed E-state index contributed by atoms with van der Waals surface area (Å²) in [6, 6.07) is 6.42. The highest BCUT2D eigenvalue weighted by Gasteiger charge is 2.30. The smallest absolute Gasteiger partial charge is 0.383 e. The molecule has 7 nitrogen and oxygen atoms in total. The van der Waals surface area contributed by atoms with Crippen LogP contribution in [0, 0.1) is 13.8 Å². The van der Waals surface area contributed by atoms with Crippen LogP contribution in [0.1, 0.15) is 28.7 Å². The Hall–Kier alpha value is -2.37. The molecule has 0 saturated carbocycles. The highest BCUT2D eigenvalue weighted by Crippen LogP contribution is 2.24. The van der Waals surface area contributed by atoms with Crippen molar-refractivity contribution in [2.24, 2.45) is 0 Å². The third-order valence-electron chi connectivity index (χ3n) is 4.35. The van der Waals surface area contributed by atoms with Crippen LogP contribution in [0.2, 0.25) is 0 Å². The van der Waals surface area contributed by atoms with Crippen LogP contribution in [0.5, 0.6) is 0 Å². The maximum Gasteiger partial charge on any atom is 0.406 e. The summed E-state index contributed by atoms with van der Waals surface area (Å²) < 4.78 is 71.2. The van der Waals surface area contributed by atoms with E-state index in [0.29, 0.717) is 11.4 Å². The first-order chi connectivity index (χ1) is 13.8. The quantitative estimate of drug-likeness (QED) is 0.650. The average Bonchev–Trinajstić information content (AvgIpc) is 2.89. The topological polar surface area (TPSA) is 89.4 Å². The van der Waals surface area contributed by atoms with Gasteiger partial charge < -0.3 is 14.6 Å². The number of benzene rings is 1. The highest BCUT2D eigenvalue weighted by molar-refractivity contribution is 7.89. The molecule has 1 aromatic carbocycles. The fraction of sp³-hybridized carbons (Fsp3) is 0.421. The van der Waals surface area contributed by atoms with Crippen molar-refractivity contribution in [2.45, 2.75) is 44.4 Å². The van der Waals surface area contributed by atoms with Gasteiger partial charge in [0, 0.05) is 30.2 Å². The summed E-state index contributed by atoms with van der Waals surface area (Å²) in [6.07, 6.45) is -4.40. The zero-order chi connectivity index (χ0) is 22.7. The number of anilines is 1. The molecule has 0 aliphatic carbocycles. The van der Waals surface area contributed by atoms with Crippen LogP contribution in [-0.2, 0) is 21.3 Å². The van der Waals surface area contributed by atoms with Gasteiger partial charge in [0.05, 0.1) is 17.1 Å². The van der Waals surface area contributed by atoms with Crippen molar-refractivity contribution in [3.05, 3.63) is 47.3 Å². The fourth-order valence-corrected chi connectivity index (χ4v) is 4.21. The third-order valence-corrected chi connectivity index (χ3v) is 5.96. The molecule has 166 valence electrons. The van der Waals surface area contributed by atoms with Gasteiger partial charge in [0.25, 0.3) is 5.91 Å². The number of hydrogen-bond acceptors (Lipinski definition) is 4. The van der Waals surface area contributed by atoms with Crippen LogP contribution in [0.25, 0.3) is 0 Å². The van der Waals surface area contributed by atoms with Crippen LogP contribution in [0.15, 0.2) is 35.2 Å². The van der Waals surface area contributed by atoms with Gasteiger partial charge in [0.1, 0.15) is 6.54 Å². The molecule has 1 unspecified atom stereocenters. The van der Waals surface area contributed by atoms with Crippen molar-refractivity contribution in [3.8, 4) is 0 Å². The lowest BCUT2D eigenvalue weighted by Gasteiger charge is -2.14. The molecule has 2 N–H and O–H groups in total. The maximum absolute atomic E-state index is 12.7. The zero-order valence-corrected chi connectivity index (χ0v) is 17.8. The monoisotopic (exact) mass is 447 g/mol. The summed E-state index contributed by atoms with van der Waals surface area (Å²) >= 11 is 0. The number of carbonyl (C=O) groups is 1. The van der Waals surface area contributed by atoms with Crippen LogP contribution < -0.4 is 10.0 Å². The molecule has 0 aliphatic heterocycles. The predicted molar refractivity (Wildman–Crippen MR) is 106 cm³/mol. The molecule has 0 spiro atoms. The Morgan fingerprint density at radius 1 is 1.20 bits per heavy atom. The van der Waals surface area contributed by atoms with E-state index in [-0.39, 0.29) is 22.8 Å². The van der Waals surface area contributed by atoms with Crippen molar-refractivity contribution in [3.63, 3.8) is 0 Å². The summed E-state index contributed by atoms with van der Waals surface area (Å²) in [7, 11) is -2.30. The van der Waals surface area contributed by atoms with Crippen molar-refractivity contribution in [1.82, 2.24) is 9.29 Å². The molecule has 2 aromatic rings. The van der Waals surface area contributed by atoms with Gasteiger partial charge in [-0.05, 0) is 51.1 Å². The molecule has 0 saturated heterocycles. The first-order valence-electron chi connectivity index (χ1n) is 9.00. The van der Waals surface area contributed by atoms with E-state index in [2.05, 4.69) is 10.0 Å². The van der Waals surface area contributed by atoms with Gasteiger partial charge in [-0.2, -0.15) is 13.2 Å². The Labute approximate surface area is 173 Å². The number of halogens is 3. The molecule has 0 radical (unpaired) electrons. The maximum atomic E-state index is 12.7. The largest absolute Gasteiger partial charge is 0.406 e. The van der Waals surface area contributed by atoms with Gasteiger partial charge in [-0.15, -0.1) is 0 Å². The molecule has 1 atom stereocenters. The molecule has 30 heavy (non-hydrogen) atoms. The minimum Gasteiger partial charge on any atom is -0.383 e. The van der Waals surface area contributed by atoms with E-state index in [9.17, 15) is 26.4 Å². The fourth-order valence-electron chi connectivity index (χ4n) is 2.99. The van der Waals surface area contributed by atoms with Crippen molar-refractivity contribution in [2.75, 3.05) is 19.0 Å². The van der Waals surface area contributed by atoms with Crippen LogP contribution in [0.3, 0.4) is 0 Å². The molecule has 0 aliphatic rings. The second-order valence-corrected chi connectivity index (χ2v) is 8.66. The first-order valence-corrected chi connectivity index (χ1v) is 10.5. The Morgan fingerprint density at radius 3 is 2.33 bits per heavy atom. The Bertz CT molecular complexity index is 999. The van der Waals surface area contributed by atoms with E-state index in [4.69, 9.17) is 4.74 Å². The van der Waals surface area contributed by atoms with Gasteiger partial charge in [-0.3, -0.25) is 4.79 Å². The highest BCUT2D eigenvalue weighted by atomic mass is 32.2. The lowest BCUT2D eigenvalue weighted by Crippen LogP contribution is -2.35. The van der Waals surface area contributed by atoms with Crippen LogP contribution in [0.4, 0.5) is 18.9 Å². The number of alkyl halides is 3. The molecule has 0 bridgehead atoms. The van der Waals surface area contributed by atoms with Gasteiger partial charge in [0.2, 0.25) is 10.0 Å². The lowest BCUT2D eigenvalue weighted by atomic mass is 10.2. The molecule has 1 heterocycles. The number of hydrogen-bond donors (Lipinski definition) is 2. The van der Waals surface area contributed by atoms with E-state index >= 15 is 0 Å². The summed E-state index contributed by atoms with van der Waals surface area (Å²) in [5.74, 6) is -0.584. The Balaban J connectivity index is 2.15. The number of rotatable bonds is 8. The minimum atomic E-state index is -4.40. The number of aryl methyl sites for hydroxylation is 1. The molecule has 1 amide bonds. The number of sulfonamides is 1. The summed E-state index contributed by atoms with van der Waals surface area (Å²) in [5.41, 5.74) is 0.929. The molecular formula is C19H24F3N3O4S. The number of aromatic nitrogens is 1. The average molecular weight is 447 g/mol. The molecule has 2 rings (SSSR count). The number of ether oxygens (including phenoxy) is 1. The van der Waals surface area contributed by atoms with Gasteiger partial charge in [-0.1, -0.05) is 0 Å². The van der Waals surface area contributed by atoms with E-state index in [0.717, 1.165) is 4.57 Å². The van der Waals surface area contributed by atoms with Crippen molar-refractivity contribution in [1.29, 1.82) is 0 Å². The number of methoxy groups -OCH3 is 1. The second kappa shape index (κ2) is 9.19. The number of nitrogens with zero attached hydrogens (tertiary/aromatic N) is 1. The number of amides is 1. The normalized spacial score (nSPS) is 13.3. The lowest BCUT2D eigenvalue weighted by molar-refractivity contribution is -0.141. The third kappa shape index (κ3) is 6.07. The van der Waals surface area contributed by atoms with Crippen LogP contribution in [-0.4, -0.2) is 44.8 Å². The SMILES string of the molecule is COCC(C)NS(=O)(=O)c1ccc(NC(=O)c2cc(C)n(CC(F)(F)F)c2C)cc1. The summed E-state index contributed by atoms with van der Waals surface area (Å²) in [5, 5.41) is 2.57. The first kappa shape index (κ1) is 23.9. The predicted octanol–water partition coefficient (Wildman–Crippen LogP) is 3.23. The minimum absolute atomic E-state index is 0.00630. The molecular weight excluding hydrogens is 423 g/mol. The number of nitrogens with one attached hydrogen (secondary N) is 2. The Morgan fingerprint density at radius 2 is 1.80 bits per heavy atom. The number of carbonyl (C=O) groups excluding carboxylic acids is 1. The van der Waals surface area contributed by atoms with Gasteiger partial charge >= 0.3 is 6.18 Å². The Kier molecular flexibility index (Phi) is 7.32. The molecule has 0 fully saturated rings. The van der Waals surface area contributed by atoms with Crippen LogP contribution >= 0.6 is 0 Å². The van der Waals surface area contributed by atoms with E-state index in [1.807, 2.05) is 0 Å².